The second-order valence-electron chi connectivity index (χ2n) is 3.29. The molecule has 1 saturated heterocycles. The fourth-order valence-corrected chi connectivity index (χ4v) is 1.48. The monoisotopic (exact) mass is 186 g/mol. The van der Waals surface area contributed by atoms with Crippen molar-refractivity contribution in [3.8, 4) is 0 Å². The predicted molar refractivity (Wildman–Crippen MR) is 50.5 cm³/mol. The van der Waals surface area contributed by atoms with Crippen molar-refractivity contribution in [2.24, 2.45) is 0 Å². The summed E-state index contributed by atoms with van der Waals surface area (Å²) in [6.07, 6.45) is 3.29. The van der Waals surface area contributed by atoms with Gasteiger partial charge in [0.1, 0.15) is 0 Å². The zero-order valence-electron chi connectivity index (χ0n) is 8.14. The maximum Gasteiger partial charge on any atom is 0.237 e. The average molecular weight is 186 g/mol. The second-order valence-corrected chi connectivity index (χ2v) is 3.29. The lowest BCUT2D eigenvalue weighted by atomic mass is 10.0. The maximum atomic E-state index is 11.4. The zero-order valence-corrected chi connectivity index (χ0v) is 8.14. The van der Waals surface area contributed by atoms with Crippen LogP contribution in [0.25, 0.3) is 0 Å². The van der Waals surface area contributed by atoms with E-state index in [1.54, 1.807) is 7.11 Å². The Balaban J connectivity index is 2.13. The van der Waals surface area contributed by atoms with E-state index >= 15 is 0 Å². The summed E-state index contributed by atoms with van der Waals surface area (Å²) in [7, 11) is 1.63. The number of carbonyl (C=O) groups excluding carboxylic acids is 1. The van der Waals surface area contributed by atoms with Crippen LogP contribution >= 0.6 is 0 Å². The highest BCUT2D eigenvalue weighted by Crippen LogP contribution is 2.06. The predicted octanol–water partition coefficient (Wildman–Crippen LogP) is -0.109. The third kappa shape index (κ3) is 3.74. The lowest BCUT2D eigenvalue weighted by Crippen LogP contribution is -2.47. The van der Waals surface area contributed by atoms with Gasteiger partial charge < -0.3 is 15.4 Å². The van der Waals surface area contributed by atoms with Gasteiger partial charge in [-0.25, -0.2) is 0 Å². The quantitative estimate of drug-likeness (QED) is 0.602. The Hall–Kier alpha value is -0.610. The van der Waals surface area contributed by atoms with Crippen LogP contribution in [0.4, 0.5) is 0 Å². The first-order valence-electron chi connectivity index (χ1n) is 4.84. The van der Waals surface area contributed by atoms with Crippen LogP contribution in [-0.4, -0.2) is 38.8 Å². The number of hydrogen-bond donors (Lipinski definition) is 2. The molecular weight excluding hydrogens is 168 g/mol. The Morgan fingerprint density at radius 1 is 1.62 bits per heavy atom. The molecular formula is C9H18N2O2. The molecule has 1 rings (SSSR count). The van der Waals surface area contributed by atoms with Gasteiger partial charge in [-0.15, -0.1) is 0 Å². The lowest BCUT2D eigenvalue weighted by molar-refractivity contribution is -0.123. The molecule has 76 valence electrons. The molecule has 0 aromatic rings. The number of nitrogens with one attached hydrogen (secondary N) is 2. The molecule has 0 unspecified atom stereocenters. The van der Waals surface area contributed by atoms with Crippen LogP contribution in [0.1, 0.15) is 19.3 Å². The summed E-state index contributed by atoms with van der Waals surface area (Å²) in [6.45, 7) is 2.15. The molecule has 13 heavy (non-hydrogen) atoms. The minimum atomic E-state index is 0.0191. The molecule has 4 heteroatoms. The Labute approximate surface area is 79.0 Å². The van der Waals surface area contributed by atoms with Gasteiger partial charge in [-0.1, -0.05) is 6.42 Å². The Morgan fingerprint density at radius 2 is 2.46 bits per heavy atom. The summed E-state index contributed by atoms with van der Waals surface area (Å²) in [4.78, 5) is 11.4. The molecule has 1 fully saturated rings. The third-order valence-electron chi connectivity index (χ3n) is 2.23. The molecule has 0 radical (unpaired) electrons. The van der Waals surface area contributed by atoms with Gasteiger partial charge >= 0.3 is 0 Å². The van der Waals surface area contributed by atoms with E-state index < -0.39 is 0 Å². The first-order valence-corrected chi connectivity index (χ1v) is 4.84. The summed E-state index contributed by atoms with van der Waals surface area (Å²) < 4.78 is 4.84. The number of amides is 1. The fraction of sp³-hybridized carbons (Fsp3) is 0.889. The first-order chi connectivity index (χ1) is 6.34. The number of rotatable bonds is 4. The van der Waals surface area contributed by atoms with Gasteiger partial charge in [0.15, 0.2) is 0 Å². The van der Waals surface area contributed by atoms with Gasteiger partial charge in [0.05, 0.1) is 12.6 Å². The van der Waals surface area contributed by atoms with Crippen LogP contribution < -0.4 is 10.6 Å². The topological polar surface area (TPSA) is 50.4 Å². The van der Waals surface area contributed by atoms with Crippen molar-refractivity contribution in [2.45, 2.75) is 25.3 Å². The van der Waals surface area contributed by atoms with E-state index in [2.05, 4.69) is 10.6 Å². The van der Waals surface area contributed by atoms with E-state index in [0.717, 1.165) is 19.4 Å². The standard InChI is InChI=1S/C9H18N2O2/c1-13-7-6-11-9(12)8-4-2-3-5-10-8/h8,10H,2-7H2,1H3,(H,11,12)/t8-/m0/s1. The molecule has 1 aliphatic heterocycles. The van der Waals surface area contributed by atoms with Crippen LogP contribution in [0.3, 0.4) is 0 Å². The lowest BCUT2D eigenvalue weighted by Gasteiger charge is -2.22. The summed E-state index contributed by atoms with van der Waals surface area (Å²) in [5.74, 6) is 0.108. The fourth-order valence-electron chi connectivity index (χ4n) is 1.48. The minimum absolute atomic E-state index is 0.0191. The average Bonchev–Trinajstić information content (AvgIpc) is 2.19. The van der Waals surface area contributed by atoms with E-state index in [4.69, 9.17) is 4.74 Å². The smallest absolute Gasteiger partial charge is 0.237 e. The number of methoxy groups -OCH3 is 1. The SMILES string of the molecule is COCCNC(=O)[C@@H]1CCCCN1. The molecule has 0 bridgehead atoms. The van der Waals surface area contributed by atoms with E-state index in [1.807, 2.05) is 0 Å². The summed E-state index contributed by atoms with van der Waals surface area (Å²) in [5.41, 5.74) is 0. The van der Waals surface area contributed by atoms with E-state index in [1.165, 1.54) is 6.42 Å². The third-order valence-corrected chi connectivity index (χ3v) is 2.23. The Bertz CT molecular complexity index is 156. The van der Waals surface area contributed by atoms with E-state index in [0.29, 0.717) is 13.2 Å². The highest BCUT2D eigenvalue weighted by atomic mass is 16.5. The summed E-state index contributed by atoms with van der Waals surface area (Å²) in [6, 6.07) is 0.0191. The maximum absolute atomic E-state index is 11.4. The zero-order chi connectivity index (χ0) is 9.52. The highest BCUT2D eigenvalue weighted by molar-refractivity contribution is 5.81. The second kappa shape index (κ2) is 5.94. The van der Waals surface area contributed by atoms with Crippen molar-refractivity contribution in [2.75, 3.05) is 26.8 Å². The van der Waals surface area contributed by atoms with Crippen molar-refractivity contribution in [3.63, 3.8) is 0 Å². The Morgan fingerprint density at radius 3 is 3.08 bits per heavy atom. The number of hydrogen-bond acceptors (Lipinski definition) is 3. The van der Waals surface area contributed by atoms with Gasteiger partial charge in [-0.05, 0) is 19.4 Å². The molecule has 0 saturated carbocycles. The number of carbonyl (C=O) groups is 1. The molecule has 0 aromatic carbocycles. The number of piperidine rings is 1. The molecule has 4 nitrogen and oxygen atoms in total. The van der Waals surface area contributed by atoms with Crippen LogP contribution in [0.5, 0.6) is 0 Å². The van der Waals surface area contributed by atoms with Gasteiger partial charge in [0.2, 0.25) is 5.91 Å². The highest BCUT2D eigenvalue weighted by Gasteiger charge is 2.19. The van der Waals surface area contributed by atoms with Crippen molar-refractivity contribution in [1.82, 2.24) is 10.6 Å². The summed E-state index contributed by atoms with van der Waals surface area (Å²) >= 11 is 0. The molecule has 0 spiro atoms. The minimum Gasteiger partial charge on any atom is -0.383 e. The molecule has 1 amide bonds. The normalized spacial score (nSPS) is 22.7. The summed E-state index contributed by atoms with van der Waals surface area (Å²) in [5, 5.41) is 6.02. The Kier molecular flexibility index (Phi) is 4.78. The molecule has 2 N–H and O–H groups in total. The van der Waals surface area contributed by atoms with Crippen molar-refractivity contribution < 1.29 is 9.53 Å². The van der Waals surface area contributed by atoms with Crippen molar-refractivity contribution >= 4 is 5.91 Å². The van der Waals surface area contributed by atoms with Gasteiger partial charge in [0, 0.05) is 13.7 Å². The van der Waals surface area contributed by atoms with Crippen LogP contribution in [0.2, 0.25) is 0 Å². The van der Waals surface area contributed by atoms with Crippen LogP contribution in [0, 0.1) is 0 Å². The van der Waals surface area contributed by atoms with Crippen molar-refractivity contribution in [3.05, 3.63) is 0 Å². The van der Waals surface area contributed by atoms with Crippen LogP contribution in [0.15, 0.2) is 0 Å². The number of ether oxygens (including phenoxy) is 1. The largest absolute Gasteiger partial charge is 0.383 e. The molecule has 1 aliphatic rings. The molecule has 1 heterocycles. The van der Waals surface area contributed by atoms with E-state index in [-0.39, 0.29) is 11.9 Å². The van der Waals surface area contributed by atoms with Gasteiger partial charge in [-0.3, -0.25) is 4.79 Å². The van der Waals surface area contributed by atoms with Gasteiger partial charge in [0.25, 0.3) is 0 Å². The molecule has 1 atom stereocenters. The van der Waals surface area contributed by atoms with Crippen LogP contribution in [-0.2, 0) is 9.53 Å². The molecule has 0 aromatic heterocycles. The van der Waals surface area contributed by atoms with Gasteiger partial charge in [-0.2, -0.15) is 0 Å². The first kappa shape index (κ1) is 10.5. The van der Waals surface area contributed by atoms with E-state index in [9.17, 15) is 4.79 Å². The molecule has 0 aliphatic carbocycles. The van der Waals surface area contributed by atoms with Crippen molar-refractivity contribution in [1.29, 1.82) is 0 Å².